The molecule has 0 saturated carbocycles. The highest BCUT2D eigenvalue weighted by molar-refractivity contribution is 5.26. The Hall–Kier alpha value is -0.890. The van der Waals surface area contributed by atoms with E-state index >= 15 is 0 Å². The SMILES string of the molecule is Cc1cc(C2CC(C)CCN2)ccc1F. The van der Waals surface area contributed by atoms with Crippen molar-refractivity contribution in [3.63, 3.8) is 0 Å². The van der Waals surface area contributed by atoms with Gasteiger partial charge >= 0.3 is 0 Å². The van der Waals surface area contributed by atoms with Crippen LogP contribution in [0.25, 0.3) is 0 Å². The quantitative estimate of drug-likeness (QED) is 0.745. The number of benzene rings is 1. The fourth-order valence-electron chi connectivity index (χ4n) is 2.25. The Balaban J connectivity index is 2.18. The van der Waals surface area contributed by atoms with Crippen LogP contribution < -0.4 is 5.32 Å². The summed E-state index contributed by atoms with van der Waals surface area (Å²) in [6, 6.07) is 5.85. The number of aryl methyl sites for hydroxylation is 1. The van der Waals surface area contributed by atoms with Gasteiger partial charge in [0.15, 0.2) is 0 Å². The summed E-state index contributed by atoms with van der Waals surface area (Å²) >= 11 is 0. The minimum absolute atomic E-state index is 0.109. The summed E-state index contributed by atoms with van der Waals surface area (Å²) < 4.78 is 13.1. The molecule has 0 aliphatic carbocycles. The third-order valence-electron chi connectivity index (χ3n) is 3.25. The molecule has 0 radical (unpaired) electrons. The highest BCUT2D eigenvalue weighted by atomic mass is 19.1. The maximum Gasteiger partial charge on any atom is 0.126 e. The molecule has 1 fully saturated rings. The normalized spacial score (nSPS) is 26.6. The molecule has 2 unspecified atom stereocenters. The van der Waals surface area contributed by atoms with E-state index in [1.165, 1.54) is 12.0 Å². The minimum Gasteiger partial charge on any atom is -0.310 e. The third-order valence-corrected chi connectivity index (χ3v) is 3.25. The Morgan fingerprint density at radius 2 is 2.20 bits per heavy atom. The van der Waals surface area contributed by atoms with Gasteiger partial charge in [-0.25, -0.2) is 4.39 Å². The van der Waals surface area contributed by atoms with E-state index in [1.807, 2.05) is 19.1 Å². The maximum absolute atomic E-state index is 13.1. The molecule has 15 heavy (non-hydrogen) atoms. The van der Waals surface area contributed by atoms with Gasteiger partial charge in [0.1, 0.15) is 5.82 Å². The summed E-state index contributed by atoms with van der Waals surface area (Å²) in [4.78, 5) is 0. The van der Waals surface area contributed by atoms with E-state index in [4.69, 9.17) is 0 Å². The zero-order chi connectivity index (χ0) is 10.8. The molecule has 82 valence electrons. The molecule has 1 aromatic carbocycles. The monoisotopic (exact) mass is 207 g/mol. The van der Waals surface area contributed by atoms with Gasteiger partial charge in [-0.2, -0.15) is 0 Å². The van der Waals surface area contributed by atoms with Gasteiger partial charge in [-0.15, -0.1) is 0 Å². The maximum atomic E-state index is 13.1. The third kappa shape index (κ3) is 2.37. The second-order valence-electron chi connectivity index (χ2n) is 4.64. The van der Waals surface area contributed by atoms with Crippen LogP contribution in [0.15, 0.2) is 18.2 Å². The van der Waals surface area contributed by atoms with Gasteiger partial charge in [-0.05, 0) is 49.4 Å². The molecule has 2 heteroatoms. The molecule has 1 aliphatic heterocycles. The Bertz CT molecular complexity index is 348. The van der Waals surface area contributed by atoms with Crippen molar-refractivity contribution in [1.29, 1.82) is 0 Å². The van der Waals surface area contributed by atoms with Crippen LogP contribution in [-0.4, -0.2) is 6.54 Å². The second kappa shape index (κ2) is 4.31. The van der Waals surface area contributed by atoms with Crippen molar-refractivity contribution < 1.29 is 4.39 Å². The number of halogens is 1. The van der Waals surface area contributed by atoms with Gasteiger partial charge in [0.2, 0.25) is 0 Å². The first-order valence-corrected chi connectivity index (χ1v) is 5.66. The molecular formula is C13H18FN. The van der Waals surface area contributed by atoms with Crippen LogP contribution in [0, 0.1) is 18.7 Å². The number of rotatable bonds is 1. The van der Waals surface area contributed by atoms with Gasteiger partial charge in [0.05, 0.1) is 0 Å². The first-order chi connectivity index (χ1) is 7.16. The van der Waals surface area contributed by atoms with Crippen molar-refractivity contribution in [3.8, 4) is 0 Å². The fraction of sp³-hybridized carbons (Fsp3) is 0.538. The van der Waals surface area contributed by atoms with E-state index in [2.05, 4.69) is 12.2 Å². The summed E-state index contributed by atoms with van der Waals surface area (Å²) in [5, 5.41) is 3.49. The molecule has 1 heterocycles. The van der Waals surface area contributed by atoms with Crippen LogP contribution in [-0.2, 0) is 0 Å². The standard InChI is InChI=1S/C13H18FN/c1-9-5-6-15-13(7-9)11-3-4-12(14)10(2)8-11/h3-4,8-9,13,15H,5-7H2,1-2H3. The van der Waals surface area contributed by atoms with Crippen LogP contribution in [0.1, 0.15) is 36.9 Å². The van der Waals surface area contributed by atoms with Crippen molar-refractivity contribution in [2.75, 3.05) is 6.54 Å². The second-order valence-corrected chi connectivity index (χ2v) is 4.64. The molecule has 1 saturated heterocycles. The van der Waals surface area contributed by atoms with Crippen molar-refractivity contribution in [2.45, 2.75) is 32.7 Å². The Morgan fingerprint density at radius 3 is 2.87 bits per heavy atom. The lowest BCUT2D eigenvalue weighted by Gasteiger charge is -2.28. The van der Waals surface area contributed by atoms with Gasteiger partial charge in [0, 0.05) is 6.04 Å². The lowest BCUT2D eigenvalue weighted by molar-refractivity contribution is 0.325. The molecule has 0 aromatic heterocycles. The predicted molar refractivity (Wildman–Crippen MR) is 60.3 cm³/mol. The van der Waals surface area contributed by atoms with Crippen molar-refractivity contribution in [2.24, 2.45) is 5.92 Å². The zero-order valence-corrected chi connectivity index (χ0v) is 9.39. The number of hydrogen-bond donors (Lipinski definition) is 1. The van der Waals surface area contributed by atoms with Crippen molar-refractivity contribution in [1.82, 2.24) is 5.32 Å². The highest BCUT2D eigenvalue weighted by Crippen LogP contribution is 2.27. The topological polar surface area (TPSA) is 12.0 Å². The lowest BCUT2D eigenvalue weighted by Crippen LogP contribution is -2.30. The van der Waals surface area contributed by atoms with Gasteiger partial charge < -0.3 is 5.32 Å². The number of piperidine rings is 1. The molecule has 1 aliphatic rings. The molecule has 1 N–H and O–H groups in total. The first kappa shape index (κ1) is 10.6. The van der Waals surface area contributed by atoms with Crippen LogP contribution in [0.3, 0.4) is 0 Å². The van der Waals surface area contributed by atoms with Gasteiger partial charge in [0.25, 0.3) is 0 Å². The molecule has 0 bridgehead atoms. The average Bonchev–Trinajstić information content (AvgIpc) is 2.22. The Labute approximate surface area is 90.7 Å². The molecule has 1 aromatic rings. The lowest BCUT2D eigenvalue weighted by atomic mass is 9.89. The van der Waals surface area contributed by atoms with Crippen molar-refractivity contribution in [3.05, 3.63) is 35.1 Å². The van der Waals surface area contributed by atoms with Crippen LogP contribution in [0.4, 0.5) is 4.39 Å². The van der Waals surface area contributed by atoms with Gasteiger partial charge in [-0.3, -0.25) is 0 Å². The number of nitrogens with one attached hydrogen (secondary N) is 1. The molecule has 0 spiro atoms. The summed E-state index contributed by atoms with van der Waals surface area (Å²) in [7, 11) is 0. The summed E-state index contributed by atoms with van der Waals surface area (Å²) in [6.45, 7) is 5.18. The van der Waals surface area contributed by atoms with Crippen LogP contribution >= 0.6 is 0 Å². The van der Waals surface area contributed by atoms with Gasteiger partial charge in [-0.1, -0.05) is 19.1 Å². The van der Waals surface area contributed by atoms with Crippen LogP contribution in [0.2, 0.25) is 0 Å². The average molecular weight is 207 g/mol. The van der Waals surface area contributed by atoms with E-state index in [0.29, 0.717) is 6.04 Å². The number of hydrogen-bond acceptors (Lipinski definition) is 1. The van der Waals surface area contributed by atoms with E-state index in [-0.39, 0.29) is 5.82 Å². The van der Waals surface area contributed by atoms with E-state index in [0.717, 1.165) is 24.4 Å². The summed E-state index contributed by atoms with van der Waals surface area (Å²) in [6.07, 6.45) is 2.40. The largest absolute Gasteiger partial charge is 0.310 e. The highest BCUT2D eigenvalue weighted by Gasteiger charge is 2.19. The predicted octanol–water partition coefficient (Wildman–Crippen LogP) is 3.19. The summed E-state index contributed by atoms with van der Waals surface area (Å²) in [5.41, 5.74) is 1.97. The molecule has 0 amide bonds. The first-order valence-electron chi connectivity index (χ1n) is 5.66. The van der Waals surface area contributed by atoms with E-state index in [9.17, 15) is 4.39 Å². The minimum atomic E-state index is -0.109. The molecule has 1 nitrogen and oxygen atoms in total. The Morgan fingerprint density at radius 1 is 1.40 bits per heavy atom. The summed E-state index contributed by atoms with van der Waals surface area (Å²) in [5.74, 6) is 0.657. The van der Waals surface area contributed by atoms with Crippen molar-refractivity contribution >= 4 is 0 Å². The zero-order valence-electron chi connectivity index (χ0n) is 9.39. The fourth-order valence-corrected chi connectivity index (χ4v) is 2.25. The Kier molecular flexibility index (Phi) is 3.06. The molecule has 2 atom stereocenters. The van der Waals surface area contributed by atoms with E-state index < -0.39 is 0 Å². The van der Waals surface area contributed by atoms with E-state index in [1.54, 1.807) is 6.07 Å². The smallest absolute Gasteiger partial charge is 0.126 e. The molecular weight excluding hydrogens is 189 g/mol. The molecule has 2 rings (SSSR count). The van der Waals surface area contributed by atoms with Crippen LogP contribution in [0.5, 0.6) is 0 Å².